The molecule has 1 N–H and O–H groups in total. The summed E-state index contributed by atoms with van der Waals surface area (Å²) < 4.78 is 53.4. The number of piperazine rings is 1. The monoisotopic (exact) mass is 457 g/mol. The third kappa shape index (κ3) is 4.49. The van der Waals surface area contributed by atoms with Gasteiger partial charge in [0, 0.05) is 31.9 Å². The summed E-state index contributed by atoms with van der Waals surface area (Å²) in [6, 6.07) is 19.1. The van der Waals surface area contributed by atoms with Gasteiger partial charge in [-0.15, -0.1) is 0 Å². The molecular weight excluding hydrogens is 436 g/mol. The van der Waals surface area contributed by atoms with Crippen molar-refractivity contribution in [1.82, 2.24) is 9.21 Å². The van der Waals surface area contributed by atoms with E-state index >= 15 is 0 Å². The first-order valence-electron chi connectivity index (χ1n) is 10.0. The Balaban J connectivity index is 1.47. The van der Waals surface area contributed by atoms with E-state index in [2.05, 4.69) is 5.32 Å². The summed E-state index contributed by atoms with van der Waals surface area (Å²) in [6.07, 6.45) is 0. The molecule has 1 saturated heterocycles. The highest BCUT2D eigenvalue weighted by Crippen LogP contribution is 2.24. The predicted molar refractivity (Wildman–Crippen MR) is 117 cm³/mol. The van der Waals surface area contributed by atoms with Gasteiger partial charge < -0.3 is 10.2 Å². The Bertz CT molecular complexity index is 1230. The van der Waals surface area contributed by atoms with E-state index in [1.165, 1.54) is 4.31 Å². The normalized spacial score (nSPS) is 14.9. The van der Waals surface area contributed by atoms with Crippen molar-refractivity contribution in [3.05, 3.63) is 90.0 Å². The van der Waals surface area contributed by atoms with Crippen LogP contribution in [0.2, 0.25) is 0 Å². The van der Waals surface area contributed by atoms with Crippen LogP contribution in [0.25, 0.3) is 0 Å². The van der Waals surface area contributed by atoms with Crippen molar-refractivity contribution in [3.8, 4) is 0 Å². The van der Waals surface area contributed by atoms with E-state index in [9.17, 15) is 22.0 Å². The number of benzene rings is 3. The van der Waals surface area contributed by atoms with Crippen molar-refractivity contribution in [1.29, 1.82) is 0 Å². The first kappa shape index (κ1) is 21.9. The fourth-order valence-electron chi connectivity index (χ4n) is 3.54. The van der Waals surface area contributed by atoms with E-state index in [1.807, 2.05) is 42.5 Å². The maximum Gasteiger partial charge on any atom is 0.256 e. The minimum atomic E-state index is -3.99. The maximum atomic E-state index is 13.5. The molecule has 1 heterocycles. The number of para-hydroxylation sites is 2. The van der Waals surface area contributed by atoms with Crippen LogP contribution in [0, 0.1) is 11.6 Å². The number of halogens is 2. The maximum absolute atomic E-state index is 13.5. The van der Waals surface area contributed by atoms with Gasteiger partial charge in [-0.05, 0) is 42.5 Å². The van der Waals surface area contributed by atoms with Gasteiger partial charge in [0.1, 0.15) is 0 Å². The number of carbonyl (C=O) groups excluding carboxylic acids is 1. The predicted octanol–water partition coefficient (Wildman–Crippen LogP) is 3.86. The Morgan fingerprint density at radius 1 is 0.812 bits per heavy atom. The second-order valence-electron chi connectivity index (χ2n) is 7.31. The van der Waals surface area contributed by atoms with Gasteiger partial charge in [-0.25, -0.2) is 17.2 Å². The summed E-state index contributed by atoms with van der Waals surface area (Å²) >= 11 is 0. The van der Waals surface area contributed by atoms with Crippen LogP contribution in [-0.4, -0.2) is 49.7 Å². The Morgan fingerprint density at radius 2 is 1.47 bits per heavy atom. The Morgan fingerprint density at radius 3 is 2.16 bits per heavy atom. The smallest absolute Gasteiger partial charge is 0.256 e. The number of nitrogens with zero attached hydrogens (tertiary/aromatic N) is 2. The van der Waals surface area contributed by atoms with Crippen LogP contribution < -0.4 is 5.32 Å². The van der Waals surface area contributed by atoms with Gasteiger partial charge in [-0.3, -0.25) is 4.79 Å². The first-order valence-corrected chi connectivity index (χ1v) is 11.5. The number of carbonyl (C=O) groups is 1. The van der Waals surface area contributed by atoms with Crippen LogP contribution >= 0.6 is 0 Å². The molecule has 166 valence electrons. The van der Waals surface area contributed by atoms with Gasteiger partial charge in [0.25, 0.3) is 5.91 Å². The molecule has 0 aromatic heterocycles. The average molecular weight is 458 g/mol. The second kappa shape index (κ2) is 9.05. The van der Waals surface area contributed by atoms with Crippen LogP contribution in [-0.2, 0) is 10.0 Å². The van der Waals surface area contributed by atoms with E-state index in [1.54, 1.807) is 17.0 Å². The number of anilines is 2. The van der Waals surface area contributed by atoms with Crippen LogP contribution in [0.15, 0.2) is 77.7 Å². The minimum absolute atomic E-state index is 0.0569. The summed E-state index contributed by atoms with van der Waals surface area (Å²) in [7, 11) is -3.99. The zero-order valence-electron chi connectivity index (χ0n) is 17.0. The lowest BCUT2D eigenvalue weighted by atomic mass is 10.1. The fourth-order valence-corrected chi connectivity index (χ4v) is 4.98. The number of nitrogens with one attached hydrogen (secondary N) is 1. The van der Waals surface area contributed by atoms with Crippen molar-refractivity contribution >= 4 is 27.3 Å². The molecular formula is C23H21F2N3O3S. The van der Waals surface area contributed by atoms with Crippen molar-refractivity contribution in [2.24, 2.45) is 0 Å². The van der Waals surface area contributed by atoms with Gasteiger partial charge in [0.05, 0.1) is 16.1 Å². The molecule has 6 nitrogen and oxygen atoms in total. The summed E-state index contributed by atoms with van der Waals surface area (Å²) in [6.45, 7) is 0.478. The third-order valence-electron chi connectivity index (χ3n) is 5.26. The summed E-state index contributed by atoms with van der Waals surface area (Å²) in [5.41, 5.74) is 1.98. The molecule has 1 fully saturated rings. The van der Waals surface area contributed by atoms with Crippen LogP contribution in [0.5, 0.6) is 0 Å². The first-order chi connectivity index (χ1) is 15.4. The lowest BCUT2D eigenvalue weighted by molar-refractivity contribution is 0.0699. The molecule has 9 heteroatoms. The number of hydrogen-bond donors (Lipinski definition) is 1. The number of amides is 1. The van der Waals surface area contributed by atoms with Gasteiger partial charge in [-0.1, -0.05) is 30.3 Å². The highest BCUT2D eigenvalue weighted by atomic mass is 32.2. The Kier molecular flexibility index (Phi) is 6.20. The average Bonchev–Trinajstić information content (AvgIpc) is 2.81. The Hall–Kier alpha value is -3.30. The number of hydrogen-bond acceptors (Lipinski definition) is 4. The molecule has 0 spiro atoms. The minimum Gasteiger partial charge on any atom is -0.355 e. The van der Waals surface area contributed by atoms with E-state index < -0.39 is 21.7 Å². The molecule has 1 aliphatic rings. The van der Waals surface area contributed by atoms with Crippen molar-refractivity contribution in [3.63, 3.8) is 0 Å². The van der Waals surface area contributed by atoms with Gasteiger partial charge >= 0.3 is 0 Å². The number of sulfonamides is 1. The van der Waals surface area contributed by atoms with E-state index in [-0.39, 0.29) is 37.0 Å². The highest BCUT2D eigenvalue weighted by Gasteiger charge is 2.31. The molecule has 0 unspecified atom stereocenters. The fraction of sp³-hybridized carbons (Fsp3) is 0.174. The standard InChI is InChI=1S/C23H21F2N3O3S/c24-20-11-10-18(16-21(20)25)32(30,31)28-14-12-27(13-15-28)23(29)19-8-4-5-9-22(19)26-17-6-2-1-3-7-17/h1-11,16,26H,12-15H2. The molecule has 1 amide bonds. The quantitative estimate of drug-likeness (QED) is 0.632. The Labute approximate surface area is 185 Å². The van der Waals surface area contributed by atoms with E-state index in [0.29, 0.717) is 17.3 Å². The molecule has 0 bridgehead atoms. The topological polar surface area (TPSA) is 69.7 Å². The third-order valence-corrected chi connectivity index (χ3v) is 7.16. The van der Waals surface area contributed by atoms with Crippen LogP contribution in [0.3, 0.4) is 0 Å². The second-order valence-corrected chi connectivity index (χ2v) is 9.25. The molecule has 0 radical (unpaired) electrons. The molecule has 32 heavy (non-hydrogen) atoms. The summed E-state index contributed by atoms with van der Waals surface area (Å²) in [4.78, 5) is 14.4. The van der Waals surface area contributed by atoms with E-state index in [0.717, 1.165) is 17.8 Å². The largest absolute Gasteiger partial charge is 0.355 e. The van der Waals surface area contributed by atoms with E-state index in [4.69, 9.17) is 0 Å². The highest BCUT2D eigenvalue weighted by molar-refractivity contribution is 7.89. The zero-order chi connectivity index (χ0) is 22.7. The SMILES string of the molecule is O=C(c1ccccc1Nc1ccccc1)N1CCN(S(=O)(=O)c2ccc(F)c(F)c2)CC1. The lowest BCUT2D eigenvalue weighted by Gasteiger charge is -2.34. The van der Waals surface area contributed by atoms with Gasteiger partial charge in [0.2, 0.25) is 10.0 Å². The summed E-state index contributed by atoms with van der Waals surface area (Å²) in [5, 5.41) is 3.24. The molecule has 3 aromatic carbocycles. The van der Waals surface area contributed by atoms with Gasteiger partial charge in [0.15, 0.2) is 11.6 Å². The molecule has 0 aliphatic carbocycles. The zero-order valence-corrected chi connectivity index (χ0v) is 17.9. The summed E-state index contributed by atoms with van der Waals surface area (Å²) in [5.74, 6) is -2.54. The van der Waals surface area contributed by atoms with Crippen molar-refractivity contribution in [2.45, 2.75) is 4.90 Å². The van der Waals surface area contributed by atoms with Crippen molar-refractivity contribution < 1.29 is 22.0 Å². The molecule has 0 atom stereocenters. The van der Waals surface area contributed by atoms with Crippen molar-refractivity contribution in [2.75, 3.05) is 31.5 Å². The molecule has 4 rings (SSSR count). The van der Waals surface area contributed by atoms with Crippen LogP contribution in [0.1, 0.15) is 10.4 Å². The molecule has 1 aliphatic heterocycles. The number of rotatable bonds is 5. The molecule has 0 saturated carbocycles. The van der Waals surface area contributed by atoms with Gasteiger partial charge in [-0.2, -0.15) is 4.31 Å². The lowest BCUT2D eigenvalue weighted by Crippen LogP contribution is -2.50. The van der Waals surface area contributed by atoms with Crippen LogP contribution in [0.4, 0.5) is 20.2 Å². The molecule has 3 aromatic rings.